The number of carbonyl (C=O) groups is 1. The fourth-order valence-corrected chi connectivity index (χ4v) is 3.11. The topological polar surface area (TPSA) is 42.0 Å². The van der Waals surface area contributed by atoms with Crippen molar-refractivity contribution in [2.45, 2.75) is 20.3 Å². The molecule has 1 aromatic heterocycles. The Balaban J connectivity index is 2.32. The number of anilines is 1. The molecule has 2 aromatic rings. The van der Waals surface area contributed by atoms with Crippen molar-refractivity contribution in [3.8, 4) is 0 Å². The average Bonchev–Trinajstić information content (AvgIpc) is 2.60. The molecule has 0 radical (unpaired) electrons. The Kier molecular flexibility index (Phi) is 3.79. The van der Waals surface area contributed by atoms with Gasteiger partial charge < -0.3 is 5.32 Å². The summed E-state index contributed by atoms with van der Waals surface area (Å²) in [5.74, 6) is -0.00435. The molecule has 1 N–H and O–H groups in total. The van der Waals surface area contributed by atoms with Crippen LogP contribution in [0.5, 0.6) is 0 Å². The second-order valence-corrected chi connectivity index (χ2v) is 5.76. The van der Waals surface area contributed by atoms with Gasteiger partial charge in [0.15, 0.2) is 5.13 Å². The van der Waals surface area contributed by atoms with E-state index < -0.39 is 0 Å². The summed E-state index contributed by atoms with van der Waals surface area (Å²) >= 11 is 4.76. The Bertz CT molecular complexity index is 565. The van der Waals surface area contributed by atoms with E-state index in [-0.39, 0.29) is 5.91 Å². The molecule has 5 heteroatoms. The molecule has 1 amide bonds. The molecule has 1 heterocycles. The second-order valence-electron chi connectivity index (χ2n) is 3.93. The van der Waals surface area contributed by atoms with Crippen LogP contribution in [-0.4, -0.2) is 16.2 Å². The summed E-state index contributed by atoms with van der Waals surface area (Å²) in [5, 5.41) is 4.17. The number of benzene rings is 1. The highest BCUT2D eigenvalue weighted by molar-refractivity contribution is 9.09. The third-order valence-corrected chi connectivity index (χ3v) is 3.71. The molecule has 0 aliphatic heterocycles. The number of alkyl halides is 1. The van der Waals surface area contributed by atoms with Crippen LogP contribution in [0.25, 0.3) is 10.2 Å². The van der Waals surface area contributed by atoms with Crippen LogP contribution in [0, 0.1) is 13.8 Å². The standard InChI is InChI=1S/C12H13BrN2OS/c1-7-5-8(2)11-9(6-7)17-12(15-11)14-10(16)3-4-13/h5-6H,3-4H2,1-2H3,(H,14,15,16). The number of carbonyl (C=O) groups excluding carboxylic acids is 1. The minimum Gasteiger partial charge on any atom is -0.302 e. The van der Waals surface area contributed by atoms with Crippen molar-refractivity contribution in [1.82, 2.24) is 4.98 Å². The molecule has 0 saturated carbocycles. The molecule has 17 heavy (non-hydrogen) atoms. The van der Waals surface area contributed by atoms with Crippen LogP contribution in [-0.2, 0) is 4.79 Å². The van der Waals surface area contributed by atoms with E-state index >= 15 is 0 Å². The first-order valence-electron chi connectivity index (χ1n) is 5.34. The Morgan fingerprint density at radius 2 is 2.24 bits per heavy atom. The smallest absolute Gasteiger partial charge is 0.226 e. The van der Waals surface area contributed by atoms with Crippen molar-refractivity contribution in [3.63, 3.8) is 0 Å². The summed E-state index contributed by atoms with van der Waals surface area (Å²) in [6.07, 6.45) is 0.466. The van der Waals surface area contributed by atoms with Crippen molar-refractivity contribution in [1.29, 1.82) is 0 Å². The first-order valence-corrected chi connectivity index (χ1v) is 7.27. The van der Waals surface area contributed by atoms with E-state index in [9.17, 15) is 4.79 Å². The molecule has 1 aromatic carbocycles. The highest BCUT2D eigenvalue weighted by Gasteiger charge is 2.09. The zero-order valence-corrected chi connectivity index (χ0v) is 12.1. The van der Waals surface area contributed by atoms with E-state index in [2.05, 4.69) is 45.3 Å². The van der Waals surface area contributed by atoms with Crippen LogP contribution in [0.4, 0.5) is 5.13 Å². The fourth-order valence-electron chi connectivity index (χ4n) is 1.69. The number of halogens is 1. The van der Waals surface area contributed by atoms with Gasteiger partial charge in [0.05, 0.1) is 10.2 Å². The van der Waals surface area contributed by atoms with Gasteiger partial charge in [-0.1, -0.05) is 33.3 Å². The van der Waals surface area contributed by atoms with Crippen molar-refractivity contribution in [2.24, 2.45) is 0 Å². The number of nitrogens with zero attached hydrogens (tertiary/aromatic N) is 1. The van der Waals surface area contributed by atoms with Gasteiger partial charge in [-0.3, -0.25) is 4.79 Å². The number of amides is 1. The third-order valence-electron chi connectivity index (χ3n) is 2.40. The maximum Gasteiger partial charge on any atom is 0.226 e. The normalized spacial score (nSPS) is 10.8. The van der Waals surface area contributed by atoms with Crippen molar-refractivity contribution < 1.29 is 4.79 Å². The summed E-state index contributed by atoms with van der Waals surface area (Å²) in [5.41, 5.74) is 3.35. The number of thiazole rings is 1. The monoisotopic (exact) mass is 312 g/mol. The molecule has 2 rings (SSSR count). The van der Waals surface area contributed by atoms with Crippen LogP contribution < -0.4 is 5.32 Å². The molecule has 90 valence electrons. The minimum absolute atomic E-state index is 0.00435. The Hall–Kier alpha value is -0.940. The highest BCUT2D eigenvalue weighted by Crippen LogP contribution is 2.29. The molecule has 0 atom stereocenters. The number of aryl methyl sites for hydroxylation is 2. The van der Waals surface area contributed by atoms with Gasteiger partial charge in [-0.05, 0) is 31.0 Å². The van der Waals surface area contributed by atoms with Crippen molar-refractivity contribution >= 4 is 48.5 Å². The van der Waals surface area contributed by atoms with E-state index in [1.165, 1.54) is 16.9 Å². The van der Waals surface area contributed by atoms with Gasteiger partial charge in [0.1, 0.15) is 0 Å². The zero-order valence-electron chi connectivity index (χ0n) is 9.71. The van der Waals surface area contributed by atoms with Crippen molar-refractivity contribution in [3.05, 3.63) is 23.3 Å². The van der Waals surface area contributed by atoms with Gasteiger partial charge in [-0.2, -0.15) is 0 Å². The molecule has 0 fully saturated rings. The lowest BCUT2D eigenvalue weighted by Crippen LogP contribution is -2.11. The highest BCUT2D eigenvalue weighted by atomic mass is 79.9. The van der Waals surface area contributed by atoms with Gasteiger partial charge in [0.25, 0.3) is 0 Å². The Morgan fingerprint density at radius 3 is 2.94 bits per heavy atom. The van der Waals surface area contributed by atoms with Gasteiger partial charge in [0, 0.05) is 11.8 Å². The van der Waals surface area contributed by atoms with Gasteiger partial charge in [-0.25, -0.2) is 4.98 Å². The Morgan fingerprint density at radius 1 is 1.47 bits per heavy atom. The molecule has 0 spiro atoms. The van der Waals surface area contributed by atoms with Gasteiger partial charge in [0.2, 0.25) is 5.91 Å². The molecule has 0 aliphatic carbocycles. The summed E-state index contributed by atoms with van der Waals surface area (Å²) in [7, 11) is 0. The van der Waals surface area contributed by atoms with Crippen LogP contribution >= 0.6 is 27.3 Å². The first kappa shape index (κ1) is 12.5. The SMILES string of the molecule is Cc1cc(C)c2nc(NC(=O)CCBr)sc2c1. The van der Waals surface area contributed by atoms with E-state index in [0.717, 1.165) is 15.8 Å². The molecule has 0 unspecified atom stereocenters. The van der Waals surface area contributed by atoms with E-state index in [4.69, 9.17) is 0 Å². The molecular weight excluding hydrogens is 300 g/mol. The van der Waals surface area contributed by atoms with E-state index in [1.807, 2.05) is 6.92 Å². The van der Waals surface area contributed by atoms with Crippen LogP contribution in [0.2, 0.25) is 0 Å². The van der Waals surface area contributed by atoms with Crippen LogP contribution in [0.1, 0.15) is 17.5 Å². The largest absolute Gasteiger partial charge is 0.302 e. The molecule has 0 aliphatic rings. The third kappa shape index (κ3) is 2.84. The predicted octanol–water partition coefficient (Wildman–Crippen LogP) is 3.64. The van der Waals surface area contributed by atoms with Crippen LogP contribution in [0.15, 0.2) is 12.1 Å². The number of hydrogen-bond donors (Lipinski definition) is 1. The lowest BCUT2D eigenvalue weighted by molar-refractivity contribution is -0.115. The van der Waals surface area contributed by atoms with E-state index in [0.29, 0.717) is 16.9 Å². The number of nitrogens with one attached hydrogen (secondary N) is 1. The first-order chi connectivity index (χ1) is 8.10. The average molecular weight is 313 g/mol. The molecule has 3 nitrogen and oxygen atoms in total. The van der Waals surface area contributed by atoms with Gasteiger partial charge >= 0.3 is 0 Å². The maximum absolute atomic E-state index is 11.5. The number of fused-ring (bicyclic) bond motifs is 1. The number of aromatic nitrogens is 1. The maximum atomic E-state index is 11.5. The van der Waals surface area contributed by atoms with Gasteiger partial charge in [-0.15, -0.1) is 0 Å². The minimum atomic E-state index is -0.00435. The summed E-state index contributed by atoms with van der Waals surface area (Å²) < 4.78 is 1.12. The lowest BCUT2D eigenvalue weighted by Gasteiger charge is -1.97. The number of rotatable bonds is 3. The zero-order chi connectivity index (χ0) is 12.4. The predicted molar refractivity (Wildman–Crippen MR) is 76.1 cm³/mol. The molecule has 0 saturated heterocycles. The number of hydrogen-bond acceptors (Lipinski definition) is 3. The van der Waals surface area contributed by atoms with Crippen LogP contribution in [0.3, 0.4) is 0 Å². The fraction of sp³-hybridized carbons (Fsp3) is 0.333. The van der Waals surface area contributed by atoms with E-state index in [1.54, 1.807) is 0 Å². The summed E-state index contributed by atoms with van der Waals surface area (Å²) in [4.78, 5) is 15.9. The Labute approximate surface area is 112 Å². The quantitative estimate of drug-likeness (QED) is 0.879. The molecular formula is C12H13BrN2OS. The molecule has 0 bridgehead atoms. The second kappa shape index (κ2) is 5.14. The summed E-state index contributed by atoms with van der Waals surface area (Å²) in [6, 6.07) is 4.20. The summed E-state index contributed by atoms with van der Waals surface area (Å²) in [6.45, 7) is 4.11. The van der Waals surface area contributed by atoms with Crippen molar-refractivity contribution in [2.75, 3.05) is 10.6 Å². The lowest BCUT2D eigenvalue weighted by atomic mass is 10.1.